The summed E-state index contributed by atoms with van der Waals surface area (Å²) in [6.07, 6.45) is -0.509. The fourth-order valence-corrected chi connectivity index (χ4v) is 2.95. The minimum Gasteiger partial charge on any atom is -0.451 e. The predicted octanol–water partition coefficient (Wildman–Crippen LogP) is 2.43. The van der Waals surface area contributed by atoms with Gasteiger partial charge in [0.2, 0.25) is 0 Å². The van der Waals surface area contributed by atoms with Gasteiger partial charge in [-0.2, -0.15) is 13.2 Å². The SMILES string of the molecule is CC(=O)SC1CCN(OC(=O)C(F)(F)F)C/C1=C\c1cocn1. The lowest BCUT2D eigenvalue weighted by Crippen LogP contribution is -2.41. The molecule has 1 unspecified atom stereocenters. The first kappa shape index (κ1) is 17.5. The molecule has 0 aromatic carbocycles. The molecule has 6 nitrogen and oxygen atoms in total. The van der Waals surface area contributed by atoms with E-state index in [0.29, 0.717) is 17.7 Å². The number of oxazole rings is 1. The summed E-state index contributed by atoms with van der Waals surface area (Å²) in [4.78, 5) is 30.5. The monoisotopic (exact) mass is 350 g/mol. The summed E-state index contributed by atoms with van der Waals surface area (Å²) < 4.78 is 41.6. The Morgan fingerprint density at radius 3 is 2.83 bits per heavy atom. The average molecular weight is 350 g/mol. The molecular formula is C13H13F3N2O4S. The highest BCUT2D eigenvalue weighted by atomic mass is 32.2. The number of hydrogen-bond acceptors (Lipinski definition) is 7. The molecule has 0 amide bonds. The number of aromatic nitrogens is 1. The Morgan fingerprint density at radius 1 is 1.52 bits per heavy atom. The maximum Gasteiger partial charge on any atom is 0.492 e. The van der Waals surface area contributed by atoms with Crippen molar-refractivity contribution >= 4 is 28.9 Å². The van der Waals surface area contributed by atoms with Gasteiger partial charge in [-0.15, -0.1) is 5.06 Å². The summed E-state index contributed by atoms with van der Waals surface area (Å²) in [6, 6.07) is 0. The summed E-state index contributed by atoms with van der Waals surface area (Å²) in [7, 11) is 0. The van der Waals surface area contributed by atoms with E-state index >= 15 is 0 Å². The van der Waals surface area contributed by atoms with Crippen LogP contribution in [0.25, 0.3) is 6.08 Å². The number of halogens is 3. The van der Waals surface area contributed by atoms with Gasteiger partial charge in [0.1, 0.15) is 12.0 Å². The largest absolute Gasteiger partial charge is 0.492 e. The number of alkyl halides is 3. The van der Waals surface area contributed by atoms with Crippen LogP contribution in [0, 0.1) is 0 Å². The van der Waals surface area contributed by atoms with Crippen molar-refractivity contribution in [3.8, 4) is 0 Å². The second-order valence-electron chi connectivity index (χ2n) is 4.76. The Morgan fingerprint density at radius 2 is 2.26 bits per heavy atom. The minimum atomic E-state index is -5.05. The van der Waals surface area contributed by atoms with Crippen molar-refractivity contribution in [2.45, 2.75) is 24.8 Å². The zero-order valence-corrected chi connectivity index (χ0v) is 12.8. The molecule has 0 spiro atoms. The second kappa shape index (κ2) is 7.18. The fourth-order valence-electron chi connectivity index (χ4n) is 2.03. The molecule has 1 aromatic heterocycles. The molecule has 126 valence electrons. The van der Waals surface area contributed by atoms with E-state index in [1.54, 1.807) is 6.08 Å². The third-order valence-electron chi connectivity index (χ3n) is 2.95. The maximum absolute atomic E-state index is 12.3. The minimum absolute atomic E-state index is 0.0420. The molecule has 0 aliphatic carbocycles. The molecule has 1 aliphatic rings. The van der Waals surface area contributed by atoms with Crippen LogP contribution in [0.15, 0.2) is 22.6 Å². The van der Waals surface area contributed by atoms with E-state index in [1.807, 2.05) is 0 Å². The molecule has 1 fully saturated rings. The van der Waals surface area contributed by atoms with Gasteiger partial charge < -0.3 is 9.25 Å². The van der Waals surface area contributed by atoms with Gasteiger partial charge in [0.25, 0.3) is 0 Å². The lowest BCUT2D eigenvalue weighted by atomic mass is 10.0. The van der Waals surface area contributed by atoms with Gasteiger partial charge in [-0.25, -0.2) is 9.78 Å². The van der Waals surface area contributed by atoms with Crippen molar-refractivity contribution in [2.24, 2.45) is 0 Å². The Bertz CT molecular complexity index is 601. The number of hydrogen-bond donors (Lipinski definition) is 0. The van der Waals surface area contributed by atoms with Crippen LogP contribution in [0.3, 0.4) is 0 Å². The van der Waals surface area contributed by atoms with Crippen molar-refractivity contribution in [3.05, 3.63) is 23.9 Å². The molecular weight excluding hydrogens is 337 g/mol. The first-order valence-electron chi connectivity index (χ1n) is 6.55. The normalized spacial score (nSPS) is 21.4. The lowest BCUT2D eigenvalue weighted by molar-refractivity contribution is -0.238. The number of hydroxylamine groups is 2. The van der Waals surface area contributed by atoms with Gasteiger partial charge in [0, 0.05) is 18.7 Å². The number of rotatable bonds is 3. The highest BCUT2D eigenvalue weighted by molar-refractivity contribution is 8.14. The van der Waals surface area contributed by atoms with Crippen LogP contribution >= 0.6 is 11.8 Å². The Balaban J connectivity index is 2.12. The predicted molar refractivity (Wildman–Crippen MR) is 74.9 cm³/mol. The number of piperidine rings is 1. The summed E-state index contributed by atoms with van der Waals surface area (Å²) in [6.45, 7) is 1.47. The molecule has 0 saturated carbocycles. The lowest BCUT2D eigenvalue weighted by Gasteiger charge is -2.32. The highest BCUT2D eigenvalue weighted by Gasteiger charge is 2.43. The second-order valence-corrected chi connectivity index (χ2v) is 6.14. The van der Waals surface area contributed by atoms with Crippen molar-refractivity contribution in [1.29, 1.82) is 0 Å². The van der Waals surface area contributed by atoms with Crippen LogP contribution in [0.2, 0.25) is 0 Å². The molecule has 0 bridgehead atoms. The average Bonchev–Trinajstić information content (AvgIpc) is 2.93. The number of nitrogens with zero attached hydrogens (tertiary/aromatic N) is 2. The molecule has 1 saturated heterocycles. The van der Waals surface area contributed by atoms with Gasteiger partial charge in [-0.1, -0.05) is 11.8 Å². The number of carbonyl (C=O) groups is 2. The number of thioether (sulfide) groups is 1. The zero-order chi connectivity index (χ0) is 17.0. The summed E-state index contributed by atoms with van der Waals surface area (Å²) in [5.41, 5.74) is 1.10. The van der Waals surface area contributed by atoms with Gasteiger partial charge in [0.05, 0.1) is 6.54 Å². The maximum atomic E-state index is 12.3. The van der Waals surface area contributed by atoms with Crippen LogP contribution in [0.5, 0.6) is 0 Å². The van der Waals surface area contributed by atoms with Crippen LogP contribution in [0.4, 0.5) is 13.2 Å². The van der Waals surface area contributed by atoms with Crippen LogP contribution < -0.4 is 0 Å². The van der Waals surface area contributed by atoms with E-state index in [0.717, 1.165) is 16.8 Å². The van der Waals surface area contributed by atoms with Crippen LogP contribution in [-0.4, -0.2) is 45.6 Å². The van der Waals surface area contributed by atoms with Gasteiger partial charge >= 0.3 is 12.1 Å². The quantitative estimate of drug-likeness (QED) is 0.829. The third-order valence-corrected chi connectivity index (χ3v) is 4.10. The first-order chi connectivity index (χ1) is 10.8. The molecule has 1 atom stereocenters. The van der Waals surface area contributed by atoms with E-state index in [4.69, 9.17) is 4.42 Å². The van der Waals surface area contributed by atoms with Gasteiger partial charge in [-0.3, -0.25) is 4.79 Å². The standard InChI is InChI=1S/C13H13F3N2O4S/c1-8(19)23-11-2-3-18(22-12(20)13(14,15)16)5-9(11)4-10-6-21-7-17-10/h4,6-7,11H,2-3,5H2,1H3/b9-4+. The Labute approximate surface area is 133 Å². The van der Waals surface area contributed by atoms with E-state index in [2.05, 4.69) is 9.82 Å². The Kier molecular flexibility index (Phi) is 5.47. The molecule has 0 N–H and O–H groups in total. The highest BCUT2D eigenvalue weighted by Crippen LogP contribution is 2.30. The number of carbonyl (C=O) groups excluding carboxylic acids is 2. The molecule has 2 rings (SSSR count). The van der Waals surface area contributed by atoms with E-state index in [9.17, 15) is 22.8 Å². The Hall–Kier alpha value is -1.81. The molecule has 1 aromatic rings. The van der Waals surface area contributed by atoms with Crippen molar-refractivity contribution in [3.63, 3.8) is 0 Å². The van der Waals surface area contributed by atoms with Crippen molar-refractivity contribution in [2.75, 3.05) is 13.1 Å². The summed E-state index contributed by atoms with van der Waals surface area (Å²) in [5.74, 6) is -2.27. The molecule has 2 heterocycles. The van der Waals surface area contributed by atoms with Gasteiger partial charge in [-0.05, 0) is 18.1 Å². The summed E-state index contributed by atoms with van der Waals surface area (Å²) >= 11 is 1.08. The van der Waals surface area contributed by atoms with Crippen molar-refractivity contribution in [1.82, 2.24) is 10.0 Å². The van der Waals surface area contributed by atoms with Crippen LogP contribution in [-0.2, 0) is 14.4 Å². The fraction of sp³-hybridized carbons (Fsp3) is 0.462. The van der Waals surface area contributed by atoms with Crippen molar-refractivity contribution < 1.29 is 32.0 Å². The molecule has 0 radical (unpaired) electrons. The molecule has 1 aliphatic heterocycles. The third kappa shape index (κ3) is 5.10. The molecule has 23 heavy (non-hydrogen) atoms. The first-order valence-corrected chi connectivity index (χ1v) is 7.43. The summed E-state index contributed by atoms with van der Waals surface area (Å²) in [5, 5.41) is 0.602. The van der Waals surface area contributed by atoms with E-state index in [-0.39, 0.29) is 23.5 Å². The smallest absolute Gasteiger partial charge is 0.451 e. The zero-order valence-electron chi connectivity index (χ0n) is 12.0. The van der Waals surface area contributed by atoms with E-state index < -0.39 is 12.1 Å². The van der Waals surface area contributed by atoms with E-state index in [1.165, 1.54) is 19.6 Å². The van der Waals surface area contributed by atoms with Crippen LogP contribution in [0.1, 0.15) is 19.0 Å². The van der Waals surface area contributed by atoms with Gasteiger partial charge in [0.15, 0.2) is 11.5 Å². The topological polar surface area (TPSA) is 72.6 Å². The molecule has 10 heteroatoms.